The zero-order valence-electron chi connectivity index (χ0n) is 16.8. The Kier molecular flexibility index (Phi) is 7.49. The average Bonchev–Trinajstić information content (AvgIpc) is 3.42. The second-order valence-corrected chi connectivity index (χ2v) is 10.2. The van der Waals surface area contributed by atoms with Crippen LogP contribution in [0.15, 0.2) is 57.5 Å². The van der Waals surface area contributed by atoms with Crippen LogP contribution in [0, 0.1) is 0 Å². The Hall–Kier alpha value is -1.36. The van der Waals surface area contributed by atoms with E-state index >= 15 is 0 Å². The molecular formula is C22H22Br2F4O4. The molecule has 1 spiro atoms. The first-order valence-corrected chi connectivity index (χ1v) is 11.3. The molecule has 0 amide bonds. The normalized spacial score (nSPS) is 22.1. The summed E-state index contributed by atoms with van der Waals surface area (Å²) in [7, 11) is 0. The highest BCUT2D eigenvalue weighted by molar-refractivity contribution is 9.10. The standard InChI is InChI=1S/C11H11BrF2O2.C6H5BrO.C5H6F2O/c12-8-1-3-9(4-2-8)16-7-10(15)5-11(13,14)6-10;7-5-1-3-6(8)4-2-5;6-5(7)1-4(2-5)3-8-4/h1-4,15H,5-7H2;1-4,8H;1-3H2. The fraction of sp³-hybridized carbons (Fsp3) is 0.455. The number of halogens is 6. The van der Waals surface area contributed by atoms with Crippen molar-refractivity contribution in [2.24, 2.45) is 0 Å². The SMILES string of the molecule is FC1(F)CC2(CO2)C1.OC1(COc2ccc(Br)cc2)CC(F)(F)C1.Oc1ccc(Br)cc1. The van der Waals surface area contributed by atoms with Gasteiger partial charge in [0.2, 0.25) is 0 Å². The molecule has 2 saturated carbocycles. The zero-order chi connectivity index (χ0) is 23.6. The van der Waals surface area contributed by atoms with Crippen LogP contribution in [0.5, 0.6) is 11.5 Å². The number of ether oxygens (including phenoxy) is 2. The minimum atomic E-state index is -2.74. The van der Waals surface area contributed by atoms with Crippen molar-refractivity contribution in [2.45, 2.75) is 48.7 Å². The predicted octanol–water partition coefficient (Wildman–Crippen LogP) is 6.33. The molecule has 0 bridgehead atoms. The van der Waals surface area contributed by atoms with Gasteiger partial charge >= 0.3 is 0 Å². The molecule has 1 aliphatic heterocycles. The van der Waals surface area contributed by atoms with E-state index in [1.807, 2.05) is 0 Å². The van der Waals surface area contributed by atoms with E-state index in [1.54, 1.807) is 48.5 Å². The van der Waals surface area contributed by atoms with E-state index in [1.165, 1.54) is 0 Å². The van der Waals surface area contributed by atoms with Crippen LogP contribution in [0.4, 0.5) is 17.6 Å². The molecule has 0 aromatic heterocycles. The van der Waals surface area contributed by atoms with Crippen LogP contribution in [-0.4, -0.2) is 46.5 Å². The van der Waals surface area contributed by atoms with Gasteiger partial charge in [0, 0.05) is 34.6 Å². The molecule has 32 heavy (non-hydrogen) atoms. The number of epoxide rings is 1. The molecule has 2 aromatic rings. The van der Waals surface area contributed by atoms with Crippen LogP contribution >= 0.6 is 31.9 Å². The number of hydrogen-bond acceptors (Lipinski definition) is 4. The van der Waals surface area contributed by atoms with Crippen molar-refractivity contribution in [3.8, 4) is 11.5 Å². The molecule has 1 saturated heterocycles. The van der Waals surface area contributed by atoms with E-state index in [4.69, 9.17) is 14.6 Å². The smallest absolute Gasteiger partial charge is 0.253 e. The highest BCUT2D eigenvalue weighted by Crippen LogP contribution is 2.55. The lowest BCUT2D eigenvalue weighted by molar-refractivity contribution is -0.215. The molecule has 0 atom stereocenters. The number of hydrogen-bond donors (Lipinski definition) is 2. The lowest BCUT2D eigenvalue weighted by Crippen LogP contribution is -2.55. The molecule has 176 valence electrons. The summed E-state index contributed by atoms with van der Waals surface area (Å²) in [5, 5.41) is 18.4. The number of aliphatic hydroxyl groups is 1. The average molecular weight is 586 g/mol. The van der Waals surface area contributed by atoms with Crippen molar-refractivity contribution in [3.05, 3.63) is 57.5 Å². The Bertz CT molecular complexity index is 862. The van der Waals surface area contributed by atoms with Gasteiger partial charge in [-0.2, -0.15) is 0 Å². The topological polar surface area (TPSA) is 62.2 Å². The molecule has 0 radical (unpaired) electrons. The summed E-state index contributed by atoms with van der Waals surface area (Å²) in [5.74, 6) is -4.28. The number of alkyl halides is 4. The third-order valence-corrected chi connectivity index (χ3v) is 6.09. The monoisotopic (exact) mass is 584 g/mol. The Morgan fingerprint density at radius 1 is 0.812 bits per heavy atom. The summed E-state index contributed by atoms with van der Waals surface area (Å²) in [6.45, 7) is 0.465. The lowest BCUT2D eigenvalue weighted by atomic mass is 9.77. The van der Waals surface area contributed by atoms with E-state index in [0.29, 0.717) is 18.1 Å². The van der Waals surface area contributed by atoms with E-state index in [9.17, 15) is 22.7 Å². The molecule has 3 fully saturated rings. The number of rotatable bonds is 3. The van der Waals surface area contributed by atoms with E-state index < -0.39 is 30.3 Å². The van der Waals surface area contributed by atoms with Gasteiger partial charge in [0.15, 0.2) is 0 Å². The first kappa shape index (κ1) is 25.3. The first-order valence-electron chi connectivity index (χ1n) is 9.74. The molecule has 0 unspecified atom stereocenters. The molecule has 2 N–H and O–H groups in total. The Balaban J connectivity index is 0.000000151. The minimum absolute atomic E-state index is 0.0417. The maximum atomic E-state index is 12.6. The van der Waals surface area contributed by atoms with Crippen LogP contribution in [0.2, 0.25) is 0 Å². The Morgan fingerprint density at radius 2 is 1.25 bits per heavy atom. The minimum Gasteiger partial charge on any atom is -0.508 e. The lowest BCUT2D eigenvalue weighted by Gasteiger charge is -2.42. The number of phenols is 1. The van der Waals surface area contributed by atoms with Gasteiger partial charge in [0.25, 0.3) is 11.8 Å². The molecule has 5 rings (SSSR count). The van der Waals surface area contributed by atoms with Crippen LogP contribution in [0.3, 0.4) is 0 Å². The van der Waals surface area contributed by atoms with Crippen molar-refractivity contribution < 1.29 is 37.2 Å². The number of aromatic hydroxyl groups is 1. The predicted molar refractivity (Wildman–Crippen MR) is 117 cm³/mol. The van der Waals surface area contributed by atoms with Gasteiger partial charge in [0.05, 0.1) is 6.61 Å². The first-order chi connectivity index (χ1) is 14.8. The molecule has 2 aromatic carbocycles. The van der Waals surface area contributed by atoms with E-state index in [-0.39, 0.29) is 25.0 Å². The summed E-state index contributed by atoms with van der Waals surface area (Å²) in [6.07, 6.45) is -1.12. The molecule has 2 aliphatic carbocycles. The fourth-order valence-electron chi connectivity index (χ4n) is 3.40. The largest absolute Gasteiger partial charge is 0.508 e. The number of phenolic OH excluding ortho intramolecular Hbond substituents is 1. The van der Waals surface area contributed by atoms with Gasteiger partial charge < -0.3 is 19.7 Å². The van der Waals surface area contributed by atoms with Crippen LogP contribution in [0.25, 0.3) is 0 Å². The summed E-state index contributed by atoms with van der Waals surface area (Å²) >= 11 is 6.51. The Morgan fingerprint density at radius 3 is 1.59 bits per heavy atom. The van der Waals surface area contributed by atoms with Gasteiger partial charge in [0.1, 0.15) is 29.3 Å². The van der Waals surface area contributed by atoms with Gasteiger partial charge in [-0.25, -0.2) is 17.6 Å². The number of benzene rings is 2. The van der Waals surface area contributed by atoms with Gasteiger partial charge in [-0.15, -0.1) is 0 Å². The quantitative estimate of drug-likeness (QED) is 0.326. The second kappa shape index (κ2) is 9.48. The third-order valence-electron chi connectivity index (χ3n) is 5.04. The highest BCUT2D eigenvalue weighted by Gasteiger charge is 2.65. The Labute approximate surface area is 199 Å². The molecule has 10 heteroatoms. The maximum Gasteiger partial charge on any atom is 0.253 e. The highest BCUT2D eigenvalue weighted by atomic mass is 79.9. The second-order valence-electron chi connectivity index (χ2n) is 8.33. The van der Waals surface area contributed by atoms with Gasteiger partial charge in [-0.05, 0) is 48.5 Å². The van der Waals surface area contributed by atoms with Crippen LogP contribution in [-0.2, 0) is 4.74 Å². The van der Waals surface area contributed by atoms with Crippen molar-refractivity contribution >= 4 is 31.9 Å². The van der Waals surface area contributed by atoms with Crippen molar-refractivity contribution in [1.29, 1.82) is 0 Å². The van der Waals surface area contributed by atoms with E-state index in [0.717, 1.165) is 8.95 Å². The summed E-state index contributed by atoms with van der Waals surface area (Å²) in [4.78, 5) is 0. The summed E-state index contributed by atoms with van der Waals surface area (Å²) < 4.78 is 61.1. The maximum absolute atomic E-state index is 12.6. The molecule has 4 nitrogen and oxygen atoms in total. The van der Waals surface area contributed by atoms with E-state index in [2.05, 4.69) is 31.9 Å². The van der Waals surface area contributed by atoms with Crippen molar-refractivity contribution in [3.63, 3.8) is 0 Å². The summed E-state index contributed by atoms with van der Waals surface area (Å²) in [5.41, 5.74) is -1.72. The van der Waals surface area contributed by atoms with Crippen molar-refractivity contribution in [2.75, 3.05) is 13.2 Å². The van der Waals surface area contributed by atoms with Gasteiger partial charge in [-0.3, -0.25) is 0 Å². The molecule has 1 heterocycles. The zero-order valence-corrected chi connectivity index (χ0v) is 20.0. The van der Waals surface area contributed by atoms with Crippen LogP contribution < -0.4 is 4.74 Å². The third kappa shape index (κ3) is 7.60. The molecular weight excluding hydrogens is 564 g/mol. The molecule has 3 aliphatic rings. The van der Waals surface area contributed by atoms with Gasteiger partial charge in [-0.1, -0.05) is 31.9 Å². The summed E-state index contributed by atoms with van der Waals surface area (Å²) in [6, 6.07) is 13.8. The van der Waals surface area contributed by atoms with Crippen molar-refractivity contribution in [1.82, 2.24) is 0 Å². The van der Waals surface area contributed by atoms with Crippen LogP contribution in [0.1, 0.15) is 25.7 Å². The fourth-order valence-corrected chi connectivity index (χ4v) is 3.93.